The van der Waals surface area contributed by atoms with Gasteiger partial charge in [0, 0.05) is 19.5 Å². The highest BCUT2D eigenvalue weighted by Crippen LogP contribution is 2.23. The first-order chi connectivity index (χ1) is 13.0. The van der Waals surface area contributed by atoms with Crippen LogP contribution < -0.4 is 10.1 Å². The summed E-state index contributed by atoms with van der Waals surface area (Å²) < 4.78 is 5.27. The summed E-state index contributed by atoms with van der Waals surface area (Å²) in [5.74, 6) is 0.817. The molecular weight excluding hydrogens is 360 g/mol. The lowest BCUT2D eigenvalue weighted by atomic mass is 10.1. The van der Waals surface area contributed by atoms with Crippen molar-refractivity contribution < 1.29 is 9.53 Å². The number of anilines is 1. The maximum atomic E-state index is 12.1. The lowest BCUT2D eigenvalue weighted by Gasteiger charge is -2.17. The molecule has 0 aromatic heterocycles. The van der Waals surface area contributed by atoms with Crippen LogP contribution in [0.1, 0.15) is 12.0 Å². The first-order valence-electron chi connectivity index (χ1n) is 8.85. The third-order valence-electron chi connectivity index (χ3n) is 4.43. The Labute approximate surface area is 164 Å². The number of carbonyl (C=O) groups excluding carboxylic acids is 1. The molecule has 0 aliphatic heterocycles. The number of para-hydroxylation sites is 1. The second-order valence-corrected chi connectivity index (χ2v) is 6.97. The number of ether oxygens (including phenoxy) is 1. The van der Waals surface area contributed by atoms with Crippen LogP contribution in [-0.2, 0) is 11.3 Å². The lowest BCUT2D eigenvalue weighted by Crippen LogP contribution is -2.24. The molecule has 0 unspecified atom stereocenters. The van der Waals surface area contributed by atoms with E-state index in [9.17, 15) is 4.79 Å². The van der Waals surface area contributed by atoms with E-state index in [1.165, 1.54) is 10.9 Å². The van der Waals surface area contributed by atoms with Gasteiger partial charge in [-0.1, -0.05) is 41.9 Å². The molecule has 3 rings (SSSR count). The van der Waals surface area contributed by atoms with Crippen molar-refractivity contribution >= 4 is 34.0 Å². The van der Waals surface area contributed by atoms with Crippen molar-refractivity contribution in [2.45, 2.75) is 13.0 Å². The minimum atomic E-state index is -0.0412. The zero-order chi connectivity index (χ0) is 19.2. The molecular formula is C22H23ClN2O2. The number of hydrogen-bond donors (Lipinski definition) is 1. The molecule has 0 saturated heterocycles. The van der Waals surface area contributed by atoms with E-state index >= 15 is 0 Å². The Morgan fingerprint density at radius 1 is 1.07 bits per heavy atom. The summed E-state index contributed by atoms with van der Waals surface area (Å²) in [7, 11) is 3.69. The SMILES string of the molecule is COc1ccc2cc(CN(C)CCC(=O)Nc3ccccc3Cl)ccc2c1. The molecule has 140 valence electrons. The third kappa shape index (κ3) is 5.22. The van der Waals surface area contributed by atoms with Gasteiger partial charge in [-0.3, -0.25) is 4.79 Å². The van der Waals surface area contributed by atoms with Gasteiger partial charge in [-0.25, -0.2) is 0 Å². The molecule has 0 fully saturated rings. The van der Waals surface area contributed by atoms with Gasteiger partial charge in [0.15, 0.2) is 0 Å². The predicted molar refractivity (Wildman–Crippen MR) is 112 cm³/mol. The summed E-state index contributed by atoms with van der Waals surface area (Å²) in [5.41, 5.74) is 1.86. The highest BCUT2D eigenvalue weighted by Gasteiger charge is 2.08. The van der Waals surface area contributed by atoms with Crippen molar-refractivity contribution in [2.24, 2.45) is 0 Å². The fraction of sp³-hybridized carbons (Fsp3) is 0.227. The van der Waals surface area contributed by atoms with Crippen molar-refractivity contribution in [1.29, 1.82) is 0 Å². The van der Waals surface area contributed by atoms with Crippen molar-refractivity contribution in [3.05, 3.63) is 71.2 Å². The molecule has 0 heterocycles. The average molecular weight is 383 g/mol. The van der Waals surface area contributed by atoms with E-state index < -0.39 is 0 Å². The molecule has 3 aromatic carbocycles. The molecule has 1 N–H and O–H groups in total. The van der Waals surface area contributed by atoms with Crippen molar-refractivity contribution in [3.8, 4) is 5.75 Å². The summed E-state index contributed by atoms with van der Waals surface area (Å²) in [4.78, 5) is 14.3. The molecule has 5 heteroatoms. The summed E-state index contributed by atoms with van der Waals surface area (Å²) in [6, 6.07) is 19.7. The number of fused-ring (bicyclic) bond motifs is 1. The summed E-state index contributed by atoms with van der Waals surface area (Å²) in [6.07, 6.45) is 0.409. The van der Waals surface area contributed by atoms with Gasteiger partial charge in [0.05, 0.1) is 17.8 Å². The number of carbonyl (C=O) groups is 1. The van der Waals surface area contributed by atoms with E-state index in [0.29, 0.717) is 23.7 Å². The zero-order valence-corrected chi connectivity index (χ0v) is 16.3. The van der Waals surface area contributed by atoms with Gasteiger partial charge < -0.3 is 15.0 Å². The first kappa shape index (κ1) is 19.2. The number of rotatable bonds is 7. The fourth-order valence-electron chi connectivity index (χ4n) is 2.96. The van der Waals surface area contributed by atoms with Crippen LogP contribution in [0, 0.1) is 0 Å². The molecule has 3 aromatic rings. The van der Waals surface area contributed by atoms with Crippen LogP contribution in [0.3, 0.4) is 0 Å². The van der Waals surface area contributed by atoms with Crippen LogP contribution in [0.4, 0.5) is 5.69 Å². The molecule has 0 saturated carbocycles. The number of methoxy groups -OCH3 is 1. The highest BCUT2D eigenvalue weighted by molar-refractivity contribution is 6.33. The summed E-state index contributed by atoms with van der Waals surface area (Å²) in [6.45, 7) is 1.44. The Morgan fingerprint density at radius 3 is 2.59 bits per heavy atom. The smallest absolute Gasteiger partial charge is 0.225 e. The van der Waals surface area contributed by atoms with Gasteiger partial charge in [-0.2, -0.15) is 0 Å². The van der Waals surface area contributed by atoms with Crippen LogP contribution in [-0.4, -0.2) is 31.5 Å². The maximum absolute atomic E-state index is 12.1. The first-order valence-corrected chi connectivity index (χ1v) is 9.22. The van der Waals surface area contributed by atoms with Gasteiger partial charge in [-0.05, 0) is 53.7 Å². The molecule has 0 aliphatic rings. The summed E-state index contributed by atoms with van der Waals surface area (Å²) >= 11 is 6.07. The topological polar surface area (TPSA) is 41.6 Å². The second-order valence-electron chi connectivity index (χ2n) is 6.56. The number of benzene rings is 3. The lowest BCUT2D eigenvalue weighted by molar-refractivity contribution is -0.116. The van der Waals surface area contributed by atoms with Crippen LogP contribution in [0.25, 0.3) is 10.8 Å². The number of halogens is 1. The van der Waals surface area contributed by atoms with E-state index in [1.54, 1.807) is 19.2 Å². The molecule has 1 amide bonds. The van der Waals surface area contributed by atoms with Gasteiger partial charge >= 0.3 is 0 Å². The molecule has 0 atom stereocenters. The van der Waals surface area contributed by atoms with E-state index in [2.05, 4.69) is 34.5 Å². The minimum Gasteiger partial charge on any atom is -0.497 e. The average Bonchev–Trinajstić information content (AvgIpc) is 2.68. The summed E-state index contributed by atoms with van der Waals surface area (Å²) in [5, 5.41) is 5.73. The normalized spacial score (nSPS) is 11.0. The largest absolute Gasteiger partial charge is 0.497 e. The van der Waals surface area contributed by atoms with Gasteiger partial charge in [0.2, 0.25) is 5.91 Å². The number of nitrogens with zero attached hydrogens (tertiary/aromatic N) is 1. The number of amides is 1. The maximum Gasteiger partial charge on any atom is 0.225 e. The Hall–Kier alpha value is -2.56. The molecule has 0 spiro atoms. The molecule has 27 heavy (non-hydrogen) atoms. The minimum absolute atomic E-state index is 0.0412. The van der Waals surface area contributed by atoms with Crippen LogP contribution >= 0.6 is 11.6 Å². The van der Waals surface area contributed by atoms with Crippen LogP contribution in [0.15, 0.2) is 60.7 Å². The zero-order valence-electron chi connectivity index (χ0n) is 15.5. The third-order valence-corrected chi connectivity index (χ3v) is 4.76. The quantitative estimate of drug-likeness (QED) is 0.627. The molecule has 0 aliphatic carbocycles. The van der Waals surface area contributed by atoms with E-state index in [-0.39, 0.29) is 5.91 Å². The van der Waals surface area contributed by atoms with E-state index in [1.807, 2.05) is 31.3 Å². The van der Waals surface area contributed by atoms with E-state index in [4.69, 9.17) is 16.3 Å². The monoisotopic (exact) mass is 382 g/mol. The Bertz CT molecular complexity index is 942. The fourth-order valence-corrected chi connectivity index (χ4v) is 3.14. The van der Waals surface area contributed by atoms with Crippen molar-refractivity contribution in [3.63, 3.8) is 0 Å². The predicted octanol–water partition coefficient (Wildman–Crippen LogP) is 4.96. The Kier molecular flexibility index (Phi) is 6.32. The standard InChI is InChI=1S/C22H23ClN2O2/c1-25(12-11-22(26)24-21-6-4-3-5-20(21)23)15-16-7-8-18-14-19(27-2)10-9-17(18)13-16/h3-10,13-14H,11-12,15H2,1-2H3,(H,24,26). The second kappa shape index (κ2) is 8.89. The molecule has 0 radical (unpaired) electrons. The number of nitrogens with one attached hydrogen (secondary N) is 1. The van der Waals surface area contributed by atoms with Crippen molar-refractivity contribution in [1.82, 2.24) is 4.90 Å². The Balaban J connectivity index is 1.54. The van der Waals surface area contributed by atoms with Gasteiger partial charge in [-0.15, -0.1) is 0 Å². The number of hydrogen-bond acceptors (Lipinski definition) is 3. The van der Waals surface area contributed by atoms with Gasteiger partial charge in [0.25, 0.3) is 0 Å². The Morgan fingerprint density at radius 2 is 1.81 bits per heavy atom. The van der Waals surface area contributed by atoms with Crippen LogP contribution in [0.5, 0.6) is 5.75 Å². The molecule has 4 nitrogen and oxygen atoms in total. The highest BCUT2D eigenvalue weighted by atomic mass is 35.5. The van der Waals surface area contributed by atoms with Crippen LogP contribution in [0.2, 0.25) is 5.02 Å². The molecule has 0 bridgehead atoms. The van der Waals surface area contributed by atoms with Crippen molar-refractivity contribution in [2.75, 3.05) is 26.0 Å². The van der Waals surface area contributed by atoms with E-state index in [0.717, 1.165) is 17.7 Å². The van der Waals surface area contributed by atoms with Gasteiger partial charge in [0.1, 0.15) is 5.75 Å².